The molecule has 4 rings (SSSR count). The molecule has 0 spiro atoms. The molecule has 132 valence electrons. The Balaban J connectivity index is 1.26. The minimum absolute atomic E-state index is 0.0669. The number of nitrogens with one attached hydrogen (secondary N) is 1. The fraction of sp³-hybridized carbons (Fsp3) is 0.895. The lowest BCUT2D eigenvalue weighted by Crippen LogP contribution is -2.48. The maximum atomic E-state index is 12.4. The van der Waals surface area contributed by atoms with Crippen LogP contribution in [0.3, 0.4) is 0 Å². The topological polar surface area (TPSA) is 65.4 Å². The average molecular weight is 331 g/mol. The van der Waals surface area contributed by atoms with Gasteiger partial charge in [0.15, 0.2) is 0 Å². The summed E-state index contributed by atoms with van der Waals surface area (Å²) < 4.78 is 6.10. The Bertz CT molecular complexity index is 525. The summed E-state index contributed by atoms with van der Waals surface area (Å²) in [6, 6.07) is 2.04. The van der Waals surface area contributed by atoms with Crippen molar-refractivity contribution in [3.8, 4) is 6.07 Å². The molecule has 5 nitrogen and oxygen atoms in total. The van der Waals surface area contributed by atoms with Crippen LogP contribution in [-0.2, 0) is 9.53 Å². The third-order valence-corrected chi connectivity index (χ3v) is 6.52. The van der Waals surface area contributed by atoms with Crippen molar-refractivity contribution in [2.45, 2.75) is 82.1 Å². The summed E-state index contributed by atoms with van der Waals surface area (Å²) in [5, 5.41) is 12.7. The van der Waals surface area contributed by atoms with Gasteiger partial charge in [-0.2, -0.15) is 5.26 Å². The Hall–Kier alpha value is -1.12. The van der Waals surface area contributed by atoms with Crippen LogP contribution in [-0.4, -0.2) is 47.7 Å². The second kappa shape index (κ2) is 6.31. The fourth-order valence-electron chi connectivity index (χ4n) is 5.22. The van der Waals surface area contributed by atoms with Crippen LogP contribution in [0, 0.1) is 23.2 Å². The van der Waals surface area contributed by atoms with Gasteiger partial charge >= 0.3 is 0 Å². The van der Waals surface area contributed by atoms with Crippen molar-refractivity contribution in [2.75, 3.05) is 13.1 Å². The highest BCUT2D eigenvalue weighted by molar-refractivity contribution is 5.79. The van der Waals surface area contributed by atoms with E-state index in [2.05, 4.69) is 18.3 Å². The van der Waals surface area contributed by atoms with Crippen LogP contribution >= 0.6 is 0 Å². The van der Waals surface area contributed by atoms with Crippen molar-refractivity contribution < 1.29 is 9.53 Å². The number of nitrogens with zero attached hydrogens (tertiary/aromatic N) is 2. The molecule has 1 heterocycles. The van der Waals surface area contributed by atoms with E-state index >= 15 is 0 Å². The number of nitriles is 1. The number of amides is 1. The van der Waals surface area contributed by atoms with Crippen molar-refractivity contribution in [3.05, 3.63) is 0 Å². The van der Waals surface area contributed by atoms with Crippen molar-refractivity contribution in [3.63, 3.8) is 0 Å². The Morgan fingerprint density at radius 1 is 1.25 bits per heavy atom. The van der Waals surface area contributed by atoms with Crippen molar-refractivity contribution in [1.82, 2.24) is 10.2 Å². The van der Waals surface area contributed by atoms with E-state index in [1.165, 1.54) is 25.7 Å². The molecule has 0 aromatic heterocycles. The molecule has 1 N–H and O–H groups in total. The van der Waals surface area contributed by atoms with Crippen LogP contribution in [0.5, 0.6) is 0 Å². The summed E-state index contributed by atoms with van der Waals surface area (Å²) in [6.07, 6.45) is 10.0. The quantitative estimate of drug-likeness (QED) is 0.839. The van der Waals surface area contributed by atoms with E-state index in [9.17, 15) is 4.79 Å². The molecule has 1 aliphatic heterocycles. The molecule has 0 bridgehead atoms. The number of hydrogen-bond acceptors (Lipinski definition) is 4. The predicted octanol–water partition coefficient (Wildman–Crippen LogP) is 2.22. The fourth-order valence-corrected chi connectivity index (χ4v) is 5.22. The molecule has 5 heteroatoms. The van der Waals surface area contributed by atoms with Crippen LogP contribution in [0.25, 0.3) is 0 Å². The first-order chi connectivity index (χ1) is 11.6. The molecule has 3 aliphatic carbocycles. The van der Waals surface area contributed by atoms with Gasteiger partial charge in [0.2, 0.25) is 5.91 Å². The SMILES string of the molecule is CC1(NCC(=O)N2CCC[C@H]2C#N)C[C@H]2C[C@H](OC3CC3)C[C@H]2C1. The monoisotopic (exact) mass is 331 g/mol. The van der Waals surface area contributed by atoms with E-state index in [-0.39, 0.29) is 17.5 Å². The Kier molecular flexibility index (Phi) is 4.30. The molecule has 1 saturated heterocycles. The van der Waals surface area contributed by atoms with Gasteiger partial charge in [-0.25, -0.2) is 0 Å². The van der Waals surface area contributed by atoms with Crippen LogP contribution in [0.1, 0.15) is 58.3 Å². The third-order valence-electron chi connectivity index (χ3n) is 6.52. The minimum Gasteiger partial charge on any atom is -0.375 e. The zero-order valence-electron chi connectivity index (χ0n) is 14.7. The van der Waals surface area contributed by atoms with E-state index in [0.29, 0.717) is 18.8 Å². The number of likely N-dealkylation sites (tertiary alicyclic amines) is 1. The van der Waals surface area contributed by atoms with Crippen LogP contribution in [0.4, 0.5) is 0 Å². The summed E-state index contributed by atoms with van der Waals surface area (Å²) in [7, 11) is 0. The first kappa shape index (κ1) is 16.4. The zero-order valence-corrected chi connectivity index (χ0v) is 14.7. The highest BCUT2D eigenvalue weighted by Gasteiger charge is 2.48. The molecule has 0 radical (unpaired) electrons. The number of hydrogen-bond donors (Lipinski definition) is 1. The van der Waals surface area contributed by atoms with Gasteiger partial charge in [0.1, 0.15) is 6.04 Å². The molecular formula is C19H29N3O2. The highest BCUT2D eigenvalue weighted by Crippen LogP contribution is 2.50. The molecule has 3 saturated carbocycles. The van der Waals surface area contributed by atoms with Gasteiger partial charge in [-0.3, -0.25) is 4.79 Å². The number of carbonyl (C=O) groups is 1. The molecule has 4 fully saturated rings. The van der Waals surface area contributed by atoms with Crippen LogP contribution < -0.4 is 5.32 Å². The minimum atomic E-state index is -0.213. The summed E-state index contributed by atoms with van der Waals surface area (Å²) in [6.45, 7) is 3.37. The Morgan fingerprint density at radius 3 is 2.58 bits per heavy atom. The molecule has 5 atom stereocenters. The molecule has 1 unspecified atom stereocenters. The predicted molar refractivity (Wildman–Crippen MR) is 90.1 cm³/mol. The molecule has 24 heavy (non-hydrogen) atoms. The molecule has 0 aromatic rings. The van der Waals surface area contributed by atoms with E-state index in [4.69, 9.17) is 10.00 Å². The number of carbonyl (C=O) groups excluding carboxylic acids is 1. The molecule has 1 amide bonds. The van der Waals surface area contributed by atoms with Gasteiger partial charge in [0.05, 0.1) is 24.8 Å². The summed E-state index contributed by atoms with van der Waals surface area (Å²) in [5.41, 5.74) is 0.0669. The van der Waals surface area contributed by atoms with Gasteiger partial charge in [-0.05, 0) is 70.1 Å². The van der Waals surface area contributed by atoms with Crippen molar-refractivity contribution >= 4 is 5.91 Å². The maximum absolute atomic E-state index is 12.4. The maximum Gasteiger partial charge on any atom is 0.237 e. The normalized spacial score (nSPS) is 41.4. The smallest absolute Gasteiger partial charge is 0.237 e. The van der Waals surface area contributed by atoms with Crippen LogP contribution in [0.2, 0.25) is 0 Å². The molecular weight excluding hydrogens is 302 g/mol. The lowest BCUT2D eigenvalue weighted by atomic mass is 9.95. The summed E-state index contributed by atoms with van der Waals surface area (Å²) in [5.74, 6) is 1.59. The second-order valence-corrected chi connectivity index (χ2v) is 8.65. The van der Waals surface area contributed by atoms with Crippen LogP contribution in [0.15, 0.2) is 0 Å². The third kappa shape index (κ3) is 3.32. The van der Waals surface area contributed by atoms with Crippen molar-refractivity contribution in [2.24, 2.45) is 11.8 Å². The zero-order chi connectivity index (χ0) is 16.7. The Labute approximate surface area is 144 Å². The highest BCUT2D eigenvalue weighted by atomic mass is 16.5. The van der Waals surface area contributed by atoms with Crippen molar-refractivity contribution in [1.29, 1.82) is 5.26 Å². The van der Waals surface area contributed by atoms with E-state index in [1.807, 2.05) is 0 Å². The Morgan fingerprint density at radius 2 is 1.96 bits per heavy atom. The van der Waals surface area contributed by atoms with E-state index in [1.54, 1.807) is 4.90 Å². The number of fused-ring (bicyclic) bond motifs is 1. The summed E-state index contributed by atoms with van der Waals surface area (Å²) >= 11 is 0. The molecule has 4 aliphatic rings. The van der Waals surface area contributed by atoms with Gasteiger partial charge in [-0.1, -0.05) is 0 Å². The van der Waals surface area contributed by atoms with Gasteiger partial charge in [0.25, 0.3) is 0 Å². The largest absolute Gasteiger partial charge is 0.375 e. The second-order valence-electron chi connectivity index (χ2n) is 8.65. The van der Waals surface area contributed by atoms with Gasteiger partial charge in [-0.15, -0.1) is 0 Å². The lowest BCUT2D eigenvalue weighted by Gasteiger charge is -2.29. The average Bonchev–Trinajstić information content (AvgIpc) is 2.97. The number of rotatable bonds is 5. The van der Waals surface area contributed by atoms with Gasteiger partial charge in [0, 0.05) is 12.1 Å². The van der Waals surface area contributed by atoms with Gasteiger partial charge < -0.3 is 15.0 Å². The lowest BCUT2D eigenvalue weighted by molar-refractivity contribution is -0.130. The first-order valence-corrected chi connectivity index (χ1v) is 9.66. The van der Waals surface area contributed by atoms with E-state index in [0.717, 1.165) is 44.1 Å². The standard InChI is InChI=1S/C19H29N3O2/c1-19(21-12-18(23)22-6-2-3-15(22)11-20)9-13-7-17(8-14(13)10-19)24-16-4-5-16/h13-17,21H,2-10,12H2,1H3/t13-,14+,15-,17+,19?/m0/s1. The first-order valence-electron chi connectivity index (χ1n) is 9.66. The molecule has 0 aromatic carbocycles. The van der Waals surface area contributed by atoms with E-state index < -0.39 is 0 Å². The number of ether oxygens (including phenoxy) is 1. The summed E-state index contributed by atoms with van der Waals surface area (Å²) in [4.78, 5) is 14.2.